The van der Waals surface area contributed by atoms with E-state index in [9.17, 15) is 18.0 Å². The topological polar surface area (TPSA) is 122 Å². The van der Waals surface area contributed by atoms with Gasteiger partial charge in [-0.15, -0.1) is 0 Å². The molecule has 9 nitrogen and oxygen atoms in total. The van der Waals surface area contributed by atoms with Gasteiger partial charge in [0.15, 0.2) is 5.03 Å². The van der Waals surface area contributed by atoms with Gasteiger partial charge in [0.05, 0.1) is 0 Å². The monoisotopic (exact) mass is 346 g/mol. The predicted octanol–water partition coefficient (Wildman–Crippen LogP) is -0.281. The number of carboxylic acids is 1. The van der Waals surface area contributed by atoms with Gasteiger partial charge in [0.25, 0.3) is 10.0 Å². The summed E-state index contributed by atoms with van der Waals surface area (Å²) in [4.78, 5) is 27.9. The molecule has 0 fully saturated rings. The fraction of sp³-hybridized carbons (Fsp3) is 0.615. The van der Waals surface area contributed by atoms with Gasteiger partial charge in [-0.05, 0) is 20.8 Å². The summed E-state index contributed by atoms with van der Waals surface area (Å²) in [7, 11) is -2.12. The highest BCUT2D eigenvalue weighted by atomic mass is 32.2. The number of sulfonamides is 1. The van der Waals surface area contributed by atoms with Crippen molar-refractivity contribution in [1.82, 2.24) is 19.2 Å². The molecule has 0 unspecified atom stereocenters. The number of nitrogens with one attached hydrogen (secondary N) is 1. The Kier molecular flexibility index (Phi) is 6.28. The minimum Gasteiger partial charge on any atom is -0.480 e. The zero-order valence-electron chi connectivity index (χ0n) is 13.6. The van der Waals surface area contributed by atoms with Gasteiger partial charge < -0.3 is 14.6 Å². The van der Waals surface area contributed by atoms with Gasteiger partial charge >= 0.3 is 5.97 Å². The van der Waals surface area contributed by atoms with Crippen molar-refractivity contribution < 1.29 is 23.1 Å². The fourth-order valence-corrected chi connectivity index (χ4v) is 2.94. The van der Waals surface area contributed by atoms with E-state index in [0.717, 1.165) is 0 Å². The number of aryl methyl sites for hydroxylation is 2. The Morgan fingerprint density at radius 2 is 2.04 bits per heavy atom. The molecule has 1 rings (SSSR count). The second-order valence-electron chi connectivity index (χ2n) is 5.39. The van der Waals surface area contributed by atoms with Gasteiger partial charge in [0.1, 0.15) is 12.4 Å². The molecule has 0 bridgehead atoms. The van der Waals surface area contributed by atoms with Crippen LogP contribution in [0.4, 0.5) is 0 Å². The molecule has 1 aromatic rings. The normalized spacial score (nSPS) is 11.7. The molecule has 23 heavy (non-hydrogen) atoms. The molecule has 130 valence electrons. The fourth-order valence-electron chi connectivity index (χ4n) is 1.87. The molecule has 0 atom stereocenters. The summed E-state index contributed by atoms with van der Waals surface area (Å²) in [5, 5.41) is 8.68. The van der Waals surface area contributed by atoms with Gasteiger partial charge in [-0.1, -0.05) is 0 Å². The molecule has 0 saturated carbocycles. The molecule has 0 radical (unpaired) electrons. The molecule has 10 heteroatoms. The molecular formula is C13H22N4O5S. The van der Waals surface area contributed by atoms with Crippen molar-refractivity contribution in [2.24, 2.45) is 7.05 Å². The largest absolute Gasteiger partial charge is 0.480 e. The summed E-state index contributed by atoms with van der Waals surface area (Å²) in [6.45, 7) is 4.53. The van der Waals surface area contributed by atoms with Crippen LogP contribution in [0.3, 0.4) is 0 Å². The van der Waals surface area contributed by atoms with E-state index in [1.54, 1.807) is 32.4 Å². The molecule has 0 saturated heterocycles. The zero-order chi connectivity index (χ0) is 17.8. The first-order chi connectivity index (χ1) is 10.5. The lowest BCUT2D eigenvalue weighted by Gasteiger charge is -2.24. The smallest absolute Gasteiger partial charge is 0.323 e. The summed E-state index contributed by atoms with van der Waals surface area (Å²) in [6, 6.07) is -0.284. The molecular weight excluding hydrogens is 324 g/mol. The molecule has 0 aromatic carbocycles. The number of aromatic nitrogens is 2. The van der Waals surface area contributed by atoms with E-state index in [0.29, 0.717) is 5.82 Å². The minimum absolute atomic E-state index is 0.115. The van der Waals surface area contributed by atoms with Crippen LogP contribution in [0.2, 0.25) is 0 Å². The van der Waals surface area contributed by atoms with Crippen molar-refractivity contribution >= 4 is 21.9 Å². The lowest BCUT2D eigenvalue weighted by Crippen LogP contribution is -2.42. The standard InChI is InChI=1S/C13H22N4O5S/c1-9(2)17(8-13(19)20)12(18)5-6-14-23(21,22)11-7-16(4)10(3)15-11/h7,9,14H,5-6,8H2,1-4H3,(H,19,20). The molecule has 1 amide bonds. The summed E-state index contributed by atoms with van der Waals surface area (Å²) in [5.41, 5.74) is 0. The number of amides is 1. The second-order valence-corrected chi connectivity index (χ2v) is 7.11. The maximum atomic E-state index is 12.1. The van der Waals surface area contributed by atoms with E-state index in [1.807, 2.05) is 0 Å². The summed E-state index contributed by atoms with van der Waals surface area (Å²) in [5.74, 6) is -0.993. The van der Waals surface area contributed by atoms with Crippen molar-refractivity contribution in [3.63, 3.8) is 0 Å². The van der Waals surface area contributed by atoms with Crippen LogP contribution in [0, 0.1) is 6.92 Å². The number of hydrogen-bond donors (Lipinski definition) is 2. The van der Waals surface area contributed by atoms with E-state index in [2.05, 4.69) is 9.71 Å². The number of carbonyl (C=O) groups is 2. The number of carboxylic acid groups (broad SMARTS) is 1. The number of carbonyl (C=O) groups excluding carboxylic acids is 1. The predicted molar refractivity (Wildman–Crippen MR) is 82.2 cm³/mol. The van der Waals surface area contributed by atoms with Crippen molar-refractivity contribution in [3.8, 4) is 0 Å². The third kappa shape index (κ3) is 5.32. The van der Waals surface area contributed by atoms with E-state index in [-0.39, 0.29) is 24.0 Å². The highest BCUT2D eigenvalue weighted by Crippen LogP contribution is 2.08. The van der Waals surface area contributed by atoms with Crippen LogP contribution in [0.15, 0.2) is 11.2 Å². The van der Waals surface area contributed by atoms with Crippen molar-refractivity contribution in [3.05, 3.63) is 12.0 Å². The Morgan fingerprint density at radius 3 is 2.48 bits per heavy atom. The van der Waals surface area contributed by atoms with Crippen molar-refractivity contribution in [1.29, 1.82) is 0 Å². The lowest BCUT2D eigenvalue weighted by molar-refractivity contribution is -0.145. The van der Waals surface area contributed by atoms with Crippen LogP contribution in [-0.4, -0.2) is 59.0 Å². The summed E-state index contributed by atoms with van der Waals surface area (Å²) >= 11 is 0. The number of nitrogens with zero attached hydrogens (tertiary/aromatic N) is 3. The highest BCUT2D eigenvalue weighted by Gasteiger charge is 2.22. The molecule has 2 N–H and O–H groups in total. The number of hydrogen-bond acceptors (Lipinski definition) is 5. The molecule has 0 spiro atoms. The third-order valence-corrected chi connectivity index (χ3v) is 4.57. The van der Waals surface area contributed by atoms with Crippen LogP contribution < -0.4 is 4.72 Å². The Labute approximate surface area is 135 Å². The molecule has 0 aliphatic carbocycles. The van der Waals surface area contributed by atoms with E-state index < -0.39 is 28.4 Å². The van der Waals surface area contributed by atoms with Gasteiger partial charge in [-0.3, -0.25) is 9.59 Å². The first-order valence-electron chi connectivity index (χ1n) is 7.05. The second kappa shape index (κ2) is 7.55. The Bertz CT molecular complexity index is 661. The average Bonchev–Trinajstić information content (AvgIpc) is 2.76. The maximum Gasteiger partial charge on any atom is 0.323 e. The van der Waals surface area contributed by atoms with Crippen LogP contribution in [-0.2, 0) is 26.7 Å². The van der Waals surface area contributed by atoms with Crippen molar-refractivity contribution in [2.45, 2.75) is 38.3 Å². The van der Waals surface area contributed by atoms with E-state index in [4.69, 9.17) is 5.11 Å². The first-order valence-corrected chi connectivity index (χ1v) is 8.53. The molecule has 1 aromatic heterocycles. The average molecular weight is 346 g/mol. The van der Waals surface area contributed by atoms with Gasteiger partial charge in [-0.25, -0.2) is 18.1 Å². The lowest BCUT2D eigenvalue weighted by atomic mass is 10.2. The Hall–Kier alpha value is -1.94. The third-order valence-electron chi connectivity index (χ3n) is 3.24. The van der Waals surface area contributed by atoms with Crippen molar-refractivity contribution in [2.75, 3.05) is 13.1 Å². The first kappa shape index (κ1) is 19.1. The highest BCUT2D eigenvalue weighted by molar-refractivity contribution is 7.89. The Morgan fingerprint density at radius 1 is 1.43 bits per heavy atom. The number of imidazole rings is 1. The SMILES string of the molecule is Cc1nc(S(=O)(=O)NCCC(=O)N(CC(=O)O)C(C)C)cn1C. The van der Waals surface area contributed by atoms with E-state index in [1.165, 1.54) is 11.1 Å². The zero-order valence-corrected chi connectivity index (χ0v) is 14.4. The molecule has 1 heterocycles. The Balaban J connectivity index is 2.64. The summed E-state index contributed by atoms with van der Waals surface area (Å²) in [6.07, 6.45) is 1.25. The van der Waals surface area contributed by atoms with Gasteiger partial charge in [-0.2, -0.15) is 0 Å². The van der Waals surface area contributed by atoms with Crippen LogP contribution >= 0.6 is 0 Å². The minimum atomic E-state index is -3.80. The van der Waals surface area contributed by atoms with Crippen LogP contribution in [0.5, 0.6) is 0 Å². The van der Waals surface area contributed by atoms with Gasteiger partial charge in [0.2, 0.25) is 5.91 Å². The maximum absolute atomic E-state index is 12.1. The number of rotatable bonds is 8. The van der Waals surface area contributed by atoms with Gasteiger partial charge in [0, 0.05) is 32.3 Å². The summed E-state index contributed by atoms with van der Waals surface area (Å²) < 4.78 is 28.0. The molecule has 0 aliphatic heterocycles. The van der Waals surface area contributed by atoms with Crippen LogP contribution in [0.1, 0.15) is 26.1 Å². The van der Waals surface area contributed by atoms with Crippen LogP contribution in [0.25, 0.3) is 0 Å². The number of aliphatic carboxylic acids is 1. The molecule has 0 aliphatic rings. The quantitative estimate of drug-likeness (QED) is 0.667. The van der Waals surface area contributed by atoms with E-state index >= 15 is 0 Å².